The van der Waals surface area contributed by atoms with E-state index < -0.39 is 0 Å². The largest absolute Gasteiger partial charge is 0.298 e. The van der Waals surface area contributed by atoms with Gasteiger partial charge < -0.3 is 0 Å². The second-order valence-electron chi connectivity index (χ2n) is 3.17. The molecule has 0 saturated carbocycles. The van der Waals surface area contributed by atoms with Crippen molar-refractivity contribution in [2.75, 3.05) is 0 Å². The topological polar surface area (TPSA) is 43.1 Å². The summed E-state index contributed by atoms with van der Waals surface area (Å²) in [5.74, 6) is 0. The predicted octanol–water partition coefficient (Wildman–Crippen LogP) is 1.79. The highest BCUT2D eigenvalue weighted by molar-refractivity contribution is 5.59. The van der Waals surface area contributed by atoms with Crippen LogP contribution >= 0.6 is 0 Å². The van der Waals surface area contributed by atoms with Crippen molar-refractivity contribution < 1.29 is 0 Å². The highest BCUT2D eigenvalue weighted by atomic mass is 15.0. The minimum absolute atomic E-state index is 0.878. The summed E-state index contributed by atoms with van der Waals surface area (Å²) in [6, 6.07) is 7.77. The van der Waals surface area contributed by atoms with Gasteiger partial charge in [0, 0.05) is 12.4 Å². The first-order valence-corrected chi connectivity index (χ1v) is 4.63. The fourth-order valence-electron chi connectivity index (χ4n) is 1.56. The van der Waals surface area contributed by atoms with E-state index >= 15 is 0 Å². The summed E-state index contributed by atoms with van der Waals surface area (Å²) < 4.78 is 2.00. The third-order valence-corrected chi connectivity index (χ3v) is 2.26. The standard InChI is InChI=1S/C11H8N4/c1-2-6-15-10(7-13-11(15)3-1)9-4-5-12-8-14-9/h1-8H. The zero-order valence-electron chi connectivity index (χ0n) is 7.91. The van der Waals surface area contributed by atoms with Gasteiger partial charge in [0.1, 0.15) is 12.0 Å². The second-order valence-corrected chi connectivity index (χ2v) is 3.17. The van der Waals surface area contributed by atoms with Gasteiger partial charge in [-0.05, 0) is 18.2 Å². The summed E-state index contributed by atoms with van der Waals surface area (Å²) in [6.45, 7) is 0. The van der Waals surface area contributed by atoms with Crippen LogP contribution < -0.4 is 0 Å². The number of hydrogen-bond donors (Lipinski definition) is 0. The summed E-state index contributed by atoms with van der Waals surface area (Å²) in [5, 5.41) is 0. The highest BCUT2D eigenvalue weighted by Crippen LogP contribution is 2.16. The van der Waals surface area contributed by atoms with Crippen molar-refractivity contribution in [3.8, 4) is 11.4 Å². The number of fused-ring (bicyclic) bond motifs is 1. The summed E-state index contributed by atoms with van der Waals surface area (Å²) in [6.07, 6.45) is 7.06. The average Bonchev–Trinajstić information content (AvgIpc) is 2.74. The van der Waals surface area contributed by atoms with E-state index in [4.69, 9.17) is 0 Å². The summed E-state index contributed by atoms with van der Waals surface area (Å²) in [7, 11) is 0. The van der Waals surface area contributed by atoms with Gasteiger partial charge in [-0.15, -0.1) is 0 Å². The third-order valence-electron chi connectivity index (χ3n) is 2.26. The van der Waals surface area contributed by atoms with Crippen LogP contribution in [0.5, 0.6) is 0 Å². The average molecular weight is 196 g/mol. The molecule has 0 aliphatic rings. The van der Waals surface area contributed by atoms with Gasteiger partial charge >= 0.3 is 0 Å². The molecule has 0 bridgehead atoms. The molecule has 3 aromatic rings. The van der Waals surface area contributed by atoms with Gasteiger partial charge in [-0.1, -0.05) is 6.07 Å². The Labute approximate surface area is 86.3 Å². The molecule has 0 aliphatic carbocycles. The molecular weight excluding hydrogens is 188 g/mol. The number of hydrogen-bond acceptors (Lipinski definition) is 3. The normalized spacial score (nSPS) is 10.7. The van der Waals surface area contributed by atoms with E-state index in [-0.39, 0.29) is 0 Å². The Hall–Kier alpha value is -2.23. The van der Waals surface area contributed by atoms with Crippen LogP contribution in [-0.2, 0) is 0 Å². The van der Waals surface area contributed by atoms with Crippen molar-refractivity contribution in [2.24, 2.45) is 0 Å². The van der Waals surface area contributed by atoms with Crippen LogP contribution in [0.4, 0.5) is 0 Å². The van der Waals surface area contributed by atoms with E-state index in [1.165, 1.54) is 6.33 Å². The molecule has 0 saturated heterocycles. The fraction of sp³-hybridized carbons (Fsp3) is 0. The van der Waals surface area contributed by atoms with Crippen LogP contribution in [0.1, 0.15) is 0 Å². The van der Waals surface area contributed by atoms with Gasteiger partial charge in [0.2, 0.25) is 0 Å². The zero-order valence-corrected chi connectivity index (χ0v) is 7.91. The number of nitrogens with zero attached hydrogens (tertiary/aromatic N) is 4. The van der Waals surface area contributed by atoms with Gasteiger partial charge in [-0.3, -0.25) is 4.40 Å². The smallest absolute Gasteiger partial charge is 0.137 e. The Bertz CT molecular complexity index is 586. The van der Waals surface area contributed by atoms with Gasteiger partial charge in [0.25, 0.3) is 0 Å². The predicted molar refractivity (Wildman–Crippen MR) is 56.2 cm³/mol. The van der Waals surface area contributed by atoms with E-state index in [0.29, 0.717) is 0 Å². The Morgan fingerprint density at radius 2 is 2.07 bits per heavy atom. The molecule has 0 amide bonds. The van der Waals surface area contributed by atoms with Gasteiger partial charge in [0.05, 0.1) is 17.6 Å². The van der Waals surface area contributed by atoms with Gasteiger partial charge in [0.15, 0.2) is 0 Å². The van der Waals surface area contributed by atoms with E-state index in [0.717, 1.165) is 17.0 Å². The molecule has 72 valence electrons. The van der Waals surface area contributed by atoms with E-state index in [1.807, 2.05) is 41.1 Å². The maximum absolute atomic E-state index is 4.30. The van der Waals surface area contributed by atoms with Crippen molar-refractivity contribution in [1.82, 2.24) is 19.4 Å². The molecule has 0 aliphatic heterocycles. The molecule has 3 aromatic heterocycles. The fourth-order valence-corrected chi connectivity index (χ4v) is 1.56. The zero-order chi connectivity index (χ0) is 10.1. The van der Waals surface area contributed by atoms with Crippen LogP contribution in [-0.4, -0.2) is 19.4 Å². The third kappa shape index (κ3) is 1.27. The van der Waals surface area contributed by atoms with E-state index in [9.17, 15) is 0 Å². The molecule has 0 fully saturated rings. The van der Waals surface area contributed by atoms with Gasteiger partial charge in [-0.2, -0.15) is 0 Å². The SMILES string of the molecule is c1ccn2c(-c3ccncn3)cnc2c1. The lowest BCUT2D eigenvalue weighted by atomic mass is 10.3. The lowest BCUT2D eigenvalue weighted by Gasteiger charge is -1.98. The molecule has 0 atom stereocenters. The van der Waals surface area contributed by atoms with Crippen LogP contribution in [0.15, 0.2) is 49.2 Å². The van der Waals surface area contributed by atoms with Gasteiger partial charge in [-0.25, -0.2) is 15.0 Å². The number of aromatic nitrogens is 4. The Morgan fingerprint density at radius 3 is 2.93 bits per heavy atom. The Kier molecular flexibility index (Phi) is 1.71. The lowest BCUT2D eigenvalue weighted by molar-refractivity contribution is 1.13. The van der Waals surface area contributed by atoms with Crippen molar-refractivity contribution in [3.63, 3.8) is 0 Å². The monoisotopic (exact) mass is 196 g/mol. The van der Waals surface area contributed by atoms with Crippen LogP contribution in [0.2, 0.25) is 0 Å². The molecule has 4 heteroatoms. The molecule has 0 N–H and O–H groups in total. The Balaban J connectivity index is 2.28. The molecule has 3 rings (SSSR count). The molecular formula is C11H8N4. The molecule has 0 aromatic carbocycles. The number of rotatable bonds is 1. The maximum Gasteiger partial charge on any atom is 0.137 e. The molecule has 0 unspecified atom stereocenters. The molecule has 0 radical (unpaired) electrons. The van der Waals surface area contributed by atoms with Crippen molar-refractivity contribution in [1.29, 1.82) is 0 Å². The Morgan fingerprint density at radius 1 is 1.07 bits per heavy atom. The summed E-state index contributed by atoms with van der Waals surface area (Å²) in [5.41, 5.74) is 2.78. The first-order chi connectivity index (χ1) is 7.45. The number of imidazole rings is 1. The first-order valence-electron chi connectivity index (χ1n) is 4.63. The minimum atomic E-state index is 0.878. The summed E-state index contributed by atoms with van der Waals surface area (Å²) >= 11 is 0. The molecule has 4 nitrogen and oxygen atoms in total. The summed E-state index contributed by atoms with van der Waals surface area (Å²) in [4.78, 5) is 12.4. The second kappa shape index (κ2) is 3.16. The number of pyridine rings is 1. The van der Waals surface area contributed by atoms with Crippen LogP contribution in [0.3, 0.4) is 0 Å². The highest BCUT2D eigenvalue weighted by Gasteiger charge is 2.04. The van der Waals surface area contributed by atoms with Crippen molar-refractivity contribution >= 4 is 5.65 Å². The van der Waals surface area contributed by atoms with E-state index in [2.05, 4.69) is 15.0 Å². The van der Waals surface area contributed by atoms with Crippen LogP contribution in [0, 0.1) is 0 Å². The quantitative estimate of drug-likeness (QED) is 0.596. The van der Waals surface area contributed by atoms with Crippen molar-refractivity contribution in [3.05, 3.63) is 49.2 Å². The lowest BCUT2D eigenvalue weighted by Crippen LogP contribution is -1.89. The molecule has 15 heavy (non-hydrogen) atoms. The molecule has 0 spiro atoms. The first kappa shape index (κ1) is 8.11. The van der Waals surface area contributed by atoms with E-state index in [1.54, 1.807) is 6.20 Å². The molecule has 3 heterocycles. The van der Waals surface area contributed by atoms with Crippen LogP contribution in [0.25, 0.3) is 17.0 Å². The minimum Gasteiger partial charge on any atom is -0.298 e. The maximum atomic E-state index is 4.30. The van der Waals surface area contributed by atoms with Crippen molar-refractivity contribution in [2.45, 2.75) is 0 Å².